The molecule has 1 aliphatic heterocycles. The number of benzene rings is 2. The lowest BCUT2D eigenvalue weighted by molar-refractivity contribution is -0.384. The number of aliphatic hydroxyl groups excluding tert-OH is 1. The highest BCUT2D eigenvalue weighted by Crippen LogP contribution is 2.44. The molecule has 1 atom stereocenters. The molecule has 0 radical (unpaired) electrons. The number of non-ortho nitro benzene ring substituents is 1. The van der Waals surface area contributed by atoms with E-state index < -0.39 is 34.4 Å². The van der Waals surface area contributed by atoms with E-state index in [0.717, 1.165) is 29.1 Å². The molecule has 1 unspecified atom stereocenters. The molecule has 0 aliphatic carbocycles. The zero-order chi connectivity index (χ0) is 29.0. The van der Waals surface area contributed by atoms with Crippen LogP contribution < -0.4 is 9.64 Å². The SMILES string of the molecule is CCCCOc1ccc(C(O)=C2C(=O)C(=O)N(c3nc(C)c(C(=O)OCC)s3)C2c2cccc([N+](=O)[O-])c2)cc1. The third-order valence-electron chi connectivity index (χ3n) is 6.19. The number of anilines is 1. The van der Waals surface area contributed by atoms with Gasteiger partial charge in [0.2, 0.25) is 0 Å². The molecule has 1 saturated heterocycles. The van der Waals surface area contributed by atoms with Gasteiger partial charge in [-0.1, -0.05) is 36.8 Å². The Morgan fingerprint density at radius 3 is 2.55 bits per heavy atom. The molecule has 3 aromatic rings. The normalized spacial score (nSPS) is 16.3. The Bertz CT molecular complexity index is 1500. The largest absolute Gasteiger partial charge is 0.507 e. The second-order valence-electron chi connectivity index (χ2n) is 8.88. The van der Waals surface area contributed by atoms with Crippen LogP contribution in [0.1, 0.15) is 59.2 Å². The molecule has 2 heterocycles. The number of nitro benzene ring substituents is 1. The number of unbranched alkanes of at least 4 members (excludes halogenated alkanes) is 1. The lowest BCUT2D eigenvalue weighted by Crippen LogP contribution is -2.29. The third kappa shape index (κ3) is 5.57. The van der Waals surface area contributed by atoms with Gasteiger partial charge in [0, 0.05) is 17.7 Å². The smallest absolute Gasteiger partial charge is 0.350 e. The number of thiazole rings is 1. The van der Waals surface area contributed by atoms with E-state index in [4.69, 9.17) is 9.47 Å². The molecule has 12 heteroatoms. The minimum Gasteiger partial charge on any atom is -0.507 e. The summed E-state index contributed by atoms with van der Waals surface area (Å²) in [5.41, 5.74) is 0.213. The predicted molar refractivity (Wildman–Crippen MR) is 148 cm³/mol. The lowest BCUT2D eigenvalue weighted by atomic mass is 9.95. The minimum atomic E-state index is -1.25. The fourth-order valence-corrected chi connectivity index (χ4v) is 5.21. The van der Waals surface area contributed by atoms with Crippen molar-refractivity contribution in [2.45, 2.75) is 39.7 Å². The monoisotopic (exact) mass is 565 g/mol. The van der Waals surface area contributed by atoms with Crippen molar-refractivity contribution in [1.29, 1.82) is 0 Å². The molecule has 4 rings (SSSR count). The summed E-state index contributed by atoms with van der Waals surface area (Å²) < 4.78 is 10.7. The Hall–Kier alpha value is -4.58. The van der Waals surface area contributed by atoms with Crippen molar-refractivity contribution in [3.63, 3.8) is 0 Å². The van der Waals surface area contributed by atoms with Crippen molar-refractivity contribution in [3.8, 4) is 5.75 Å². The summed E-state index contributed by atoms with van der Waals surface area (Å²) >= 11 is 0.853. The van der Waals surface area contributed by atoms with Crippen molar-refractivity contribution < 1.29 is 33.9 Å². The second-order valence-corrected chi connectivity index (χ2v) is 9.86. The van der Waals surface area contributed by atoms with Gasteiger partial charge in [0.1, 0.15) is 16.4 Å². The van der Waals surface area contributed by atoms with E-state index in [9.17, 15) is 29.6 Å². The number of Topliss-reactive ketones (excluding diaryl/α,β-unsaturated/α-hetero) is 1. The molecule has 2 aromatic carbocycles. The number of aromatic nitrogens is 1. The highest BCUT2D eigenvalue weighted by atomic mass is 32.1. The number of carbonyl (C=O) groups excluding carboxylic acids is 3. The van der Waals surface area contributed by atoms with Crippen LogP contribution in [-0.2, 0) is 14.3 Å². The molecule has 0 spiro atoms. The molecule has 1 N–H and O–H groups in total. The van der Waals surface area contributed by atoms with Crippen LogP contribution >= 0.6 is 11.3 Å². The number of esters is 1. The van der Waals surface area contributed by atoms with E-state index in [2.05, 4.69) is 4.98 Å². The second kappa shape index (κ2) is 12.1. The Labute approximate surface area is 233 Å². The fraction of sp³-hybridized carbons (Fsp3) is 0.286. The van der Waals surface area contributed by atoms with E-state index in [1.807, 2.05) is 6.92 Å². The molecule has 1 fully saturated rings. The molecular weight excluding hydrogens is 538 g/mol. The zero-order valence-electron chi connectivity index (χ0n) is 22.1. The van der Waals surface area contributed by atoms with Crippen molar-refractivity contribution in [2.24, 2.45) is 0 Å². The molecule has 40 heavy (non-hydrogen) atoms. The first-order valence-electron chi connectivity index (χ1n) is 12.6. The molecule has 1 aliphatic rings. The standard InChI is InChI=1S/C28H27N3O8S/c1-4-6-14-39-20-12-10-17(11-13-20)23(32)21-22(18-8-7-9-19(15-18)31(36)37)30(26(34)24(21)33)28-29-16(3)25(40-28)27(35)38-5-2/h7-13,15,22,32H,4-6,14H2,1-3H3. The summed E-state index contributed by atoms with van der Waals surface area (Å²) in [6, 6.07) is 10.6. The van der Waals surface area contributed by atoms with Gasteiger partial charge in [-0.3, -0.25) is 24.6 Å². The van der Waals surface area contributed by atoms with Crippen LogP contribution in [0.15, 0.2) is 54.1 Å². The zero-order valence-corrected chi connectivity index (χ0v) is 22.9. The molecule has 1 aromatic heterocycles. The van der Waals surface area contributed by atoms with Gasteiger partial charge in [0.15, 0.2) is 5.13 Å². The summed E-state index contributed by atoms with van der Waals surface area (Å²) in [6.07, 6.45) is 1.85. The van der Waals surface area contributed by atoms with Crippen LogP contribution in [-0.4, -0.2) is 45.9 Å². The maximum Gasteiger partial charge on any atom is 0.350 e. The molecule has 0 saturated carbocycles. The average molecular weight is 566 g/mol. The first-order valence-corrected chi connectivity index (χ1v) is 13.4. The van der Waals surface area contributed by atoms with Gasteiger partial charge >= 0.3 is 11.9 Å². The topological polar surface area (TPSA) is 149 Å². The van der Waals surface area contributed by atoms with E-state index in [0.29, 0.717) is 12.4 Å². The number of ketones is 1. The Morgan fingerprint density at radius 1 is 1.18 bits per heavy atom. The highest BCUT2D eigenvalue weighted by Gasteiger charge is 2.48. The summed E-state index contributed by atoms with van der Waals surface area (Å²) in [5.74, 6) is -2.51. The van der Waals surface area contributed by atoms with Gasteiger partial charge in [-0.25, -0.2) is 9.78 Å². The van der Waals surface area contributed by atoms with Crippen LogP contribution in [0.4, 0.5) is 10.8 Å². The van der Waals surface area contributed by atoms with Crippen LogP contribution in [0.5, 0.6) is 5.75 Å². The maximum absolute atomic E-state index is 13.4. The minimum absolute atomic E-state index is 0.0119. The average Bonchev–Trinajstić information content (AvgIpc) is 3.45. The summed E-state index contributed by atoms with van der Waals surface area (Å²) in [7, 11) is 0. The van der Waals surface area contributed by atoms with Gasteiger partial charge in [-0.2, -0.15) is 0 Å². The number of carbonyl (C=O) groups is 3. The van der Waals surface area contributed by atoms with E-state index >= 15 is 0 Å². The highest BCUT2D eigenvalue weighted by molar-refractivity contribution is 7.17. The predicted octanol–water partition coefficient (Wildman–Crippen LogP) is 5.34. The number of rotatable bonds is 10. The molecule has 11 nitrogen and oxygen atoms in total. The van der Waals surface area contributed by atoms with Gasteiger partial charge in [0.05, 0.1) is 35.4 Å². The van der Waals surface area contributed by atoms with Gasteiger partial charge in [0.25, 0.3) is 11.5 Å². The number of nitro groups is 1. The quantitative estimate of drug-likeness (QED) is 0.0653. The Morgan fingerprint density at radius 2 is 1.90 bits per heavy atom. The summed E-state index contributed by atoms with van der Waals surface area (Å²) in [4.78, 5) is 55.7. The van der Waals surface area contributed by atoms with Crippen LogP contribution in [0.2, 0.25) is 0 Å². The van der Waals surface area contributed by atoms with Crippen LogP contribution in [0, 0.1) is 17.0 Å². The number of hydrogen-bond acceptors (Lipinski definition) is 10. The van der Waals surface area contributed by atoms with E-state index in [1.54, 1.807) is 38.1 Å². The van der Waals surface area contributed by atoms with E-state index in [1.165, 1.54) is 24.3 Å². The Kier molecular flexibility index (Phi) is 8.58. The van der Waals surface area contributed by atoms with Gasteiger partial charge in [-0.05, 0) is 50.1 Å². The molecule has 1 amide bonds. The van der Waals surface area contributed by atoms with Gasteiger partial charge < -0.3 is 14.6 Å². The molecule has 208 valence electrons. The lowest BCUT2D eigenvalue weighted by Gasteiger charge is -2.22. The first-order chi connectivity index (χ1) is 19.2. The Balaban J connectivity index is 1.85. The third-order valence-corrected chi connectivity index (χ3v) is 7.32. The number of ether oxygens (including phenoxy) is 2. The summed E-state index contributed by atoms with van der Waals surface area (Å²) in [5, 5.41) is 22.9. The van der Waals surface area contributed by atoms with Crippen LogP contribution in [0.25, 0.3) is 5.76 Å². The summed E-state index contributed by atoms with van der Waals surface area (Å²) in [6.45, 7) is 5.92. The molecule has 0 bridgehead atoms. The van der Waals surface area contributed by atoms with Crippen LogP contribution in [0.3, 0.4) is 0 Å². The molecular formula is C28H27N3O8S. The first kappa shape index (κ1) is 28.4. The number of amides is 1. The number of nitrogens with zero attached hydrogens (tertiary/aromatic N) is 3. The fourth-order valence-electron chi connectivity index (χ4n) is 4.22. The van der Waals surface area contributed by atoms with Crippen molar-refractivity contribution in [2.75, 3.05) is 18.1 Å². The number of aliphatic hydroxyl groups is 1. The van der Waals surface area contributed by atoms with Crippen molar-refractivity contribution in [1.82, 2.24) is 4.98 Å². The maximum atomic E-state index is 13.4. The van der Waals surface area contributed by atoms with Crippen molar-refractivity contribution in [3.05, 3.63) is 85.9 Å². The number of hydrogen-bond donors (Lipinski definition) is 1. The number of aryl methyl sites for hydroxylation is 1. The van der Waals surface area contributed by atoms with Gasteiger partial charge in [-0.15, -0.1) is 0 Å². The van der Waals surface area contributed by atoms with E-state index in [-0.39, 0.29) is 44.7 Å². The van der Waals surface area contributed by atoms with Crippen molar-refractivity contribution >= 4 is 45.6 Å².